The quantitative estimate of drug-likeness (QED) is 0.665. The lowest BCUT2D eigenvalue weighted by Crippen LogP contribution is -2.51. The number of halogens is 1. The molecule has 0 aliphatic carbocycles. The fraction of sp³-hybridized carbons (Fsp3) is 0.381. The average molecular weight is 436 g/mol. The SMILES string of the molecule is COc1ccccc1N1CCN(C(=O)CN(Cc2ccccc2F)S(C)(=O)=O)CC1. The van der Waals surface area contributed by atoms with E-state index in [1.807, 2.05) is 24.3 Å². The molecule has 162 valence electrons. The number of hydrogen-bond acceptors (Lipinski definition) is 5. The Morgan fingerprint density at radius 3 is 2.33 bits per heavy atom. The van der Waals surface area contributed by atoms with E-state index in [0.29, 0.717) is 26.2 Å². The first-order valence-corrected chi connectivity index (χ1v) is 11.5. The van der Waals surface area contributed by atoms with E-state index in [0.717, 1.165) is 22.0 Å². The van der Waals surface area contributed by atoms with Crippen LogP contribution in [0, 0.1) is 5.82 Å². The number of anilines is 1. The second-order valence-corrected chi connectivity index (χ2v) is 9.14. The number of nitrogens with zero attached hydrogens (tertiary/aromatic N) is 3. The maximum atomic E-state index is 14.0. The van der Waals surface area contributed by atoms with Crippen LogP contribution < -0.4 is 9.64 Å². The maximum absolute atomic E-state index is 14.0. The largest absolute Gasteiger partial charge is 0.495 e. The van der Waals surface area contributed by atoms with Crippen molar-refractivity contribution in [3.63, 3.8) is 0 Å². The lowest BCUT2D eigenvalue weighted by molar-refractivity contribution is -0.131. The van der Waals surface area contributed by atoms with Crippen molar-refractivity contribution in [3.05, 3.63) is 59.9 Å². The van der Waals surface area contributed by atoms with Gasteiger partial charge in [0.25, 0.3) is 0 Å². The minimum absolute atomic E-state index is 0.182. The van der Waals surface area contributed by atoms with Crippen LogP contribution in [0.5, 0.6) is 5.75 Å². The molecular weight excluding hydrogens is 409 g/mol. The zero-order valence-electron chi connectivity index (χ0n) is 17.1. The number of methoxy groups -OCH3 is 1. The van der Waals surface area contributed by atoms with Crippen molar-refractivity contribution >= 4 is 21.6 Å². The van der Waals surface area contributed by atoms with Gasteiger partial charge in [-0.05, 0) is 18.2 Å². The number of carbonyl (C=O) groups is 1. The summed E-state index contributed by atoms with van der Waals surface area (Å²) in [7, 11) is -2.07. The van der Waals surface area contributed by atoms with E-state index in [9.17, 15) is 17.6 Å². The highest BCUT2D eigenvalue weighted by Gasteiger charge is 2.27. The molecule has 1 fully saturated rings. The molecule has 1 aliphatic heterocycles. The highest BCUT2D eigenvalue weighted by atomic mass is 32.2. The summed E-state index contributed by atoms with van der Waals surface area (Å²) in [5.74, 6) is -0.0223. The molecule has 0 bridgehead atoms. The molecule has 3 rings (SSSR count). The Morgan fingerprint density at radius 1 is 1.07 bits per heavy atom. The van der Waals surface area contributed by atoms with Gasteiger partial charge in [-0.3, -0.25) is 4.79 Å². The van der Waals surface area contributed by atoms with Crippen molar-refractivity contribution < 1.29 is 22.3 Å². The number of ether oxygens (including phenoxy) is 1. The number of benzene rings is 2. The van der Waals surface area contributed by atoms with Crippen molar-refractivity contribution in [2.45, 2.75) is 6.54 Å². The molecule has 30 heavy (non-hydrogen) atoms. The number of amides is 1. The molecule has 0 radical (unpaired) electrons. The molecule has 0 spiro atoms. The minimum Gasteiger partial charge on any atom is -0.495 e. The van der Waals surface area contributed by atoms with Gasteiger partial charge in [-0.2, -0.15) is 4.31 Å². The zero-order chi connectivity index (χ0) is 21.7. The van der Waals surface area contributed by atoms with Crippen LogP contribution in [0.4, 0.5) is 10.1 Å². The fourth-order valence-corrected chi connectivity index (χ4v) is 4.16. The van der Waals surface area contributed by atoms with Gasteiger partial charge < -0.3 is 14.5 Å². The van der Waals surface area contributed by atoms with Gasteiger partial charge in [0.2, 0.25) is 15.9 Å². The van der Waals surface area contributed by atoms with Crippen LogP contribution in [0.25, 0.3) is 0 Å². The number of rotatable bonds is 7. The zero-order valence-corrected chi connectivity index (χ0v) is 17.9. The number of hydrogen-bond donors (Lipinski definition) is 0. The van der Waals surface area contributed by atoms with Crippen LogP contribution in [-0.2, 0) is 21.4 Å². The Bertz CT molecular complexity index is 991. The Labute approximate surface area is 176 Å². The summed E-state index contributed by atoms with van der Waals surface area (Å²) in [6.07, 6.45) is 1.03. The predicted octanol–water partition coefficient (Wildman–Crippen LogP) is 1.94. The summed E-state index contributed by atoms with van der Waals surface area (Å²) in [5, 5.41) is 0. The van der Waals surface area contributed by atoms with Crippen LogP contribution in [-0.4, -0.2) is 69.6 Å². The second-order valence-electron chi connectivity index (χ2n) is 7.16. The van der Waals surface area contributed by atoms with Gasteiger partial charge in [-0.15, -0.1) is 0 Å². The van der Waals surface area contributed by atoms with Crippen LogP contribution in [0.2, 0.25) is 0 Å². The Kier molecular flexibility index (Phi) is 6.94. The van der Waals surface area contributed by atoms with E-state index in [1.54, 1.807) is 18.1 Å². The molecule has 0 N–H and O–H groups in total. The van der Waals surface area contributed by atoms with E-state index in [1.165, 1.54) is 18.2 Å². The lowest BCUT2D eigenvalue weighted by atomic mass is 10.2. The number of piperazine rings is 1. The first-order chi connectivity index (χ1) is 14.3. The van der Waals surface area contributed by atoms with Crippen molar-refractivity contribution in [1.29, 1.82) is 0 Å². The number of carbonyl (C=O) groups excluding carboxylic acids is 1. The predicted molar refractivity (Wildman–Crippen MR) is 113 cm³/mol. The van der Waals surface area contributed by atoms with Gasteiger partial charge in [-0.1, -0.05) is 30.3 Å². The van der Waals surface area contributed by atoms with Gasteiger partial charge >= 0.3 is 0 Å². The van der Waals surface area contributed by atoms with Crippen molar-refractivity contribution in [2.75, 3.05) is 51.0 Å². The first kappa shape index (κ1) is 22.0. The Hall–Kier alpha value is -2.65. The lowest BCUT2D eigenvalue weighted by Gasteiger charge is -2.37. The number of para-hydroxylation sites is 2. The summed E-state index contributed by atoms with van der Waals surface area (Å²) in [4.78, 5) is 16.6. The highest BCUT2D eigenvalue weighted by molar-refractivity contribution is 7.88. The third kappa shape index (κ3) is 5.28. The van der Waals surface area contributed by atoms with Gasteiger partial charge in [0, 0.05) is 38.3 Å². The van der Waals surface area contributed by atoms with Crippen LogP contribution in [0.1, 0.15) is 5.56 Å². The molecule has 1 amide bonds. The molecule has 2 aromatic carbocycles. The van der Waals surface area contributed by atoms with Gasteiger partial charge in [0.15, 0.2) is 0 Å². The molecule has 1 saturated heterocycles. The summed E-state index contributed by atoms with van der Waals surface area (Å²) >= 11 is 0. The van der Waals surface area contributed by atoms with Gasteiger partial charge in [-0.25, -0.2) is 12.8 Å². The summed E-state index contributed by atoms with van der Waals surface area (Å²) in [6, 6.07) is 13.7. The molecule has 7 nitrogen and oxygen atoms in total. The normalized spacial score (nSPS) is 14.8. The van der Waals surface area contributed by atoms with Gasteiger partial charge in [0.05, 0.1) is 25.6 Å². The summed E-state index contributed by atoms with van der Waals surface area (Å²) < 4.78 is 44.7. The highest BCUT2D eigenvalue weighted by Crippen LogP contribution is 2.28. The molecule has 0 aromatic heterocycles. The molecule has 0 saturated carbocycles. The second kappa shape index (κ2) is 9.44. The van der Waals surface area contributed by atoms with Gasteiger partial charge in [0.1, 0.15) is 11.6 Å². The maximum Gasteiger partial charge on any atom is 0.238 e. The van der Waals surface area contributed by atoms with Crippen molar-refractivity contribution in [3.8, 4) is 5.75 Å². The minimum atomic E-state index is -3.68. The molecule has 1 aliphatic rings. The summed E-state index contributed by atoms with van der Waals surface area (Å²) in [6.45, 7) is 1.65. The molecule has 0 atom stereocenters. The number of sulfonamides is 1. The third-order valence-electron chi connectivity index (χ3n) is 5.14. The van der Waals surface area contributed by atoms with Crippen LogP contribution in [0.3, 0.4) is 0 Å². The fourth-order valence-electron chi connectivity index (χ4n) is 3.45. The topological polar surface area (TPSA) is 70.2 Å². The van der Waals surface area contributed by atoms with E-state index in [2.05, 4.69) is 4.90 Å². The van der Waals surface area contributed by atoms with Crippen LogP contribution >= 0.6 is 0 Å². The average Bonchev–Trinajstić information content (AvgIpc) is 2.74. The summed E-state index contributed by atoms with van der Waals surface area (Å²) in [5.41, 5.74) is 1.20. The van der Waals surface area contributed by atoms with E-state index in [4.69, 9.17) is 4.74 Å². The van der Waals surface area contributed by atoms with E-state index in [-0.39, 0.29) is 24.6 Å². The van der Waals surface area contributed by atoms with E-state index >= 15 is 0 Å². The first-order valence-electron chi connectivity index (χ1n) is 9.64. The van der Waals surface area contributed by atoms with Crippen LogP contribution in [0.15, 0.2) is 48.5 Å². The monoisotopic (exact) mass is 435 g/mol. The standard InChI is InChI=1S/C21H26FN3O4S/c1-29-20-10-6-5-9-19(20)23-11-13-24(14-12-23)21(26)16-25(30(2,27)28)15-17-7-3-4-8-18(17)22/h3-10H,11-16H2,1-2H3. The molecule has 0 unspecified atom stereocenters. The smallest absolute Gasteiger partial charge is 0.238 e. The molecule has 9 heteroatoms. The Balaban J connectivity index is 1.64. The van der Waals surface area contributed by atoms with Crippen molar-refractivity contribution in [1.82, 2.24) is 9.21 Å². The van der Waals surface area contributed by atoms with E-state index < -0.39 is 15.8 Å². The third-order valence-corrected chi connectivity index (χ3v) is 6.34. The molecule has 1 heterocycles. The Morgan fingerprint density at radius 2 is 1.70 bits per heavy atom. The van der Waals surface area contributed by atoms with Crippen molar-refractivity contribution in [2.24, 2.45) is 0 Å². The molecular formula is C21H26FN3O4S. The molecule has 2 aromatic rings.